The Balaban J connectivity index is 1.43. The molecule has 140 valence electrons. The molecule has 0 aromatic heterocycles. The first-order valence-electron chi connectivity index (χ1n) is 8.96. The SMILES string of the molecule is O=C(O)CNC(=O)c1ccc(NC(=O)CC2CC(c3ccccc3)C2)cc1. The molecular formula is C21H22N2O4. The monoisotopic (exact) mass is 366 g/mol. The van der Waals surface area contributed by atoms with Gasteiger partial charge in [0.15, 0.2) is 0 Å². The van der Waals surface area contributed by atoms with Gasteiger partial charge in [-0.05, 0) is 54.5 Å². The first-order chi connectivity index (χ1) is 13.0. The summed E-state index contributed by atoms with van der Waals surface area (Å²) in [7, 11) is 0. The predicted octanol–water partition coefficient (Wildman–Crippen LogP) is 3.02. The maximum atomic E-state index is 12.2. The molecule has 3 N–H and O–H groups in total. The number of hydrogen-bond donors (Lipinski definition) is 3. The van der Waals surface area contributed by atoms with Gasteiger partial charge in [0.25, 0.3) is 5.91 Å². The van der Waals surface area contributed by atoms with Crippen molar-refractivity contribution in [3.63, 3.8) is 0 Å². The number of nitrogens with one attached hydrogen (secondary N) is 2. The summed E-state index contributed by atoms with van der Waals surface area (Å²) in [6.07, 6.45) is 2.55. The van der Waals surface area contributed by atoms with Crippen LogP contribution in [0.2, 0.25) is 0 Å². The van der Waals surface area contributed by atoms with Crippen molar-refractivity contribution in [2.75, 3.05) is 11.9 Å². The van der Waals surface area contributed by atoms with Crippen LogP contribution in [-0.4, -0.2) is 29.4 Å². The molecule has 1 aliphatic carbocycles. The first kappa shape index (κ1) is 18.6. The molecule has 0 atom stereocenters. The van der Waals surface area contributed by atoms with Crippen LogP contribution in [0, 0.1) is 5.92 Å². The summed E-state index contributed by atoms with van der Waals surface area (Å²) in [4.78, 5) is 34.4. The first-order valence-corrected chi connectivity index (χ1v) is 8.96. The number of carboxylic acid groups (broad SMARTS) is 1. The molecule has 2 aromatic carbocycles. The highest BCUT2D eigenvalue weighted by atomic mass is 16.4. The molecule has 0 spiro atoms. The van der Waals surface area contributed by atoms with E-state index in [1.165, 1.54) is 5.56 Å². The highest BCUT2D eigenvalue weighted by Crippen LogP contribution is 2.43. The minimum Gasteiger partial charge on any atom is -0.480 e. The Morgan fingerprint density at radius 3 is 2.26 bits per heavy atom. The van der Waals surface area contributed by atoms with E-state index in [0.717, 1.165) is 12.8 Å². The maximum Gasteiger partial charge on any atom is 0.322 e. The number of aliphatic carboxylic acids is 1. The zero-order chi connectivity index (χ0) is 19.2. The van der Waals surface area contributed by atoms with E-state index in [4.69, 9.17) is 5.11 Å². The number of anilines is 1. The molecule has 0 bridgehead atoms. The number of rotatable bonds is 7. The van der Waals surface area contributed by atoms with Gasteiger partial charge in [0.05, 0.1) is 0 Å². The van der Waals surface area contributed by atoms with Crippen LogP contribution in [0.5, 0.6) is 0 Å². The molecule has 2 amide bonds. The second kappa shape index (κ2) is 8.49. The van der Waals surface area contributed by atoms with E-state index in [0.29, 0.717) is 29.5 Å². The van der Waals surface area contributed by atoms with Crippen molar-refractivity contribution in [3.05, 3.63) is 65.7 Å². The molecule has 1 saturated carbocycles. The van der Waals surface area contributed by atoms with Crippen molar-refractivity contribution in [2.45, 2.75) is 25.2 Å². The normalized spacial score (nSPS) is 18.2. The Bertz CT molecular complexity index is 812. The lowest BCUT2D eigenvalue weighted by Crippen LogP contribution is -2.29. The van der Waals surface area contributed by atoms with Gasteiger partial charge in [-0.3, -0.25) is 14.4 Å². The van der Waals surface area contributed by atoms with Crippen molar-refractivity contribution < 1.29 is 19.5 Å². The van der Waals surface area contributed by atoms with Crippen molar-refractivity contribution in [1.82, 2.24) is 5.32 Å². The van der Waals surface area contributed by atoms with E-state index in [9.17, 15) is 14.4 Å². The molecule has 0 saturated heterocycles. The van der Waals surface area contributed by atoms with Gasteiger partial charge in [-0.25, -0.2) is 0 Å². The lowest BCUT2D eigenvalue weighted by Gasteiger charge is -2.35. The van der Waals surface area contributed by atoms with Crippen LogP contribution in [0.1, 0.15) is 41.1 Å². The molecule has 2 aromatic rings. The molecule has 1 aliphatic rings. The number of carbonyl (C=O) groups is 3. The number of amides is 2. The molecule has 1 fully saturated rings. The molecule has 0 radical (unpaired) electrons. The third kappa shape index (κ3) is 5.17. The average Bonchev–Trinajstić information content (AvgIpc) is 2.63. The van der Waals surface area contributed by atoms with E-state index in [2.05, 4.69) is 22.8 Å². The molecule has 0 aliphatic heterocycles. The van der Waals surface area contributed by atoms with E-state index in [1.807, 2.05) is 18.2 Å². The highest BCUT2D eigenvalue weighted by molar-refractivity contribution is 5.97. The second-order valence-electron chi connectivity index (χ2n) is 6.85. The maximum absolute atomic E-state index is 12.2. The van der Waals surface area contributed by atoms with Gasteiger partial charge >= 0.3 is 5.97 Å². The summed E-state index contributed by atoms with van der Waals surface area (Å²) >= 11 is 0. The summed E-state index contributed by atoms with van der Waals surface area (Å²) in [5.41, 5.74) is 2.30. The van der Waals surface area contributed by atoms with Gasteiger partial charge in [-0.15, -0.1) is 0 Å². The minimum absolute atomic E-state index is 0.0328. The number of benzene rings is 2. The van der Waals surface area contributed by atoms with Crippen LogP contribution >= 0.6 is 0 Å². The van der Waals surface area contributed by atoms with Gasteiger partial charge in [-0.2, -0.15) is 0 Å². The van der Waals surface area contributed by atoms with Crippen molar-refractivity contribution >= 4 is 23.5 Å². The quantitative estimate of drug-likeness (QED) is 0.702. The highest BCUT2D eigenvalue weighted by Gasteiger charge is 2.31. The average molecular weight is 366 g/mol. The fraction of sp³-hybridized carbons (Fsp3) is 0.286. The fourth-order valence-corrected chi connectivity index (χ4v) is 3.34. The summed E-state index contributed by atoms with van der Waals surface area (Å²) in [5, 5.41) is 13.7. The van der Waals surface area contributed by atoms with E-state index in [1.54, 1.807) is 24.3 Å². The summed E-state index contributed by atoms with van der Waals surface area (Å²) in [5.74, 6) is -0.645. The van der Waals surface area contributed by atoms with Crippen LogP contribution in [0.15, 0.2) is 54.6 Å². The summed E-state index contributed by atoms with van der Waals surface area (Å²) in [6, 6.07) is 16.8. The van der Waals surface area contributed by atoms with Gasteiger partial charge in [0.2, 0.25) is 5.91 Å². The lowest BCUT2D eigenvalue weighted by atomic mass is 9.70. The topological polar surface area (TPSA) is 95.5 Å². The predicted molar refractivity (Wildman–Crippen MR) is 102 cm³/mol. The number of hydrogen-bond acceptors (Lipinski definition) is 3. The van der Waals surface area contributed by atoms with Crippen LogP contribution in [0.25, 0.3) is 0 Å². The lowest BCUT2D eigenvalue weighted by molar-refractivity contribution is -0.135. The molecule has 0 heterocycles. The van der Waals surface area contributed by atoms with Crippen molar-refractivity contribution in [1.29, 1.82) is 0 Å². The van der Waals surface area contributed by atoms with Gasteiger partial charge in [0.1, 0.15) is 6.54 Å². The van der Waals surface area contributed by atoms with Gasteiger partial charge in [0, 0.05) is 17.7 Å². The van der Waals surface area contributed by atoms with Crippen LogP contribution in [0.4, 0.5) is 5.69 Å². The molecule has 27 heavy (non-hydrogen) atoms. The standard InChI is InChI=1S/C21H22N2O4/c24-19(12-14-10-17(11-14)15-4-2-1-3-5-15)23-18-8-6-16(7-9-18)21(27)22-13-20(25)26/h1-9,14,17H,10-13H2,(H,22,27)(H,23,24)(H,25,26). The van der Waals surface area contributed by atoms with E-state index >= 15 is 0 Å². The Morgan fingerprint density at radius 1 is 0.963 bits per heavy atom. The molecule has 0 unspecified atom stereocenters. The summed E-state index contributed by atoms with van der Waals surface area (Å²) < 4.78 is 0. The molecule has 6 nitrogen and oxygen atoms in total. The minimum atomic E-state index is -1.10. The van der Waals surface area contributed by atoms with Crippen LogP contribution < -0.4 is 10.6 Å². The van der Waals surface area contributed by atoms with Gasteiger partial charge < -0.3 is 15.7 Å². The molecular weight excluding hydrogens is 344 g/mol. The smallest absolute Gasteiger partial charge is 0.322 e. The van der Waals surface area contributed by atoms with Crippen LogP contribution in [-0.2, 0) is 9.59 Å². The van der Waals surface area contributed by atoms with Crippen molar-refractivity contribution in [2.24, 2.45) is 5.92 Å². The van der Waals surface area contributed by atoms with Crippen molar-refractivity contribution in [3.8, 4) is 0 Å². The largest absolute Gasteiger partial charge is 0.480 e. The van der Waals surface area contributed by atoms with Crippen LogP contribution in [0.3, 0.4) is 0 Å². The fourth-order valence-electron chi connectivity index (χ4n) is 3.34. The Labute approximate surface area is 157 Å². The third-order valence-corrected chi connectivity index (χ3v) is 4.81. The Hall–Kier alpha value is -3.15. The zero-order valence-electron chi connectivity index (χ0n) is 14.9. The Kier molecular flexibility index (Phi) is 5.86. The van der Waals surface area contributed by atoms with E-state index in [-0.39, 0.29) is 5.91 Å². The molecule has 3 rings (SSSR count). The van der Waals surface area contributed by atoms with Gasteiger partial charge in [-0.1, -0.05) is 30.3 Å². The number of carbonyl (C=O) groups excluding carboxylic acids is 2. The third-order valence-electron chi connectivity index (χ3n) is 4.81. The molecule has 6 heteroatoms. The Morgan fingerprint density at radius 2 is 1.63 bits per heavy atom. The van der Waals surface area contributed by atoms with E-state index < -0.39 is 18.4 Å². The number of carboxylic acids is 1. The second-order valence-corrected chi connectivity index (χ2v) is 6.85. The zero-order valence-corrected chi connectivity index (χ0v) is 14.9. The summed E-state index contributed by atoms with van der Waals surface area (Å²) in [6.45, 7) is -0.428.